The highest BCUT2D eigenvalue weighted by molar-refractivity contribution is 6.30. The van der Waals surface area contributed by atoms with E-state index in [1.807, 2.05) is 62.3 Å². The van der Waals surface area contributed by atoms with Gasteiger partial charge in [0.1, 0.15) is 11.6 Å². The van der Waals surface area contributed by atoms with E-state index in [0.717, 1.165) is 39.4 Å². The van der Waals surface area contributed by atoms with Gasteiger partial charge in [-0.2, -0.15) is 0 Å². The van der Waals surface area contributed by atoms with Crippen molar-refractivity contribution in [3.63, 3.8) is 0 Å². The van der Waals surface area contributed by atoms with E-state index in [1.165, 1.54) is 50.5 Å². The summed E-state index contributed by atoms with van der Waals surface area (Å²) >= 11 is 5.75. The quantitative estimate of drug-likeness (QED) is 0.385. The monoisotopic (exact) mass is 467 g/mol. The minimum absolute atomic E-state index is 0.812. The van der Waals surface area contributed by atoms with Gasteiger partial charge in [0.2, 0.25) is 0 Å². The highest BCUT2D eigenvalue weighted by Crippen LogP contribution is 2.27. The van der Waals surface area contributed by atoms with E-state index >= 15 is 0 Å². The van der Waals surface area contributed by atoms with Crippen molar-refractivity contribution >= 4 is 28.3 Å². The van der Waals surface area contributed by atoms with Crippen LogP contribution in [-0.2, 0) is 6.42 Å². The minimum Gasteiger partial charge on any atom is -0.362 e. The Bertz CT molecular complexity index is 935. The van der Waals surface area contributed by atoms with E-state index in [2.05, 4.69) is 42.9 Å². The number of aromatic nitrogens is 2. The Kier molecular flexibility index (Phi) is 11.7. The van der Waals surface area contributed by atoms with Gasteiger partial charge in [0.25, 0.3) is 0 Å². The summed E-state index contributed by atoms with van der Waals surface area (Å²) in [6.45, 7) is 8.85. The lowest BCUT2D eigenvalue weighted by Crippen LogP contribution is -2.12. The largest absolute Gasteiger partial charge is 0.362 e. The molecule has 4 rings (SSSR count). The van der Waals surface area contributed by atoms with Gasteiger partial charge < -0.3 is 4.90 Å². The summed E-state index contributed by atoms with van der Waals surface area (Å²) in [5.41, 5.74) is 2.39. The number of halogens is 1. The SMILES string of the molecule is CC1CCC(C)CC1.CCCCc1ccc(Cl)cc1.Cc1nc(N(C)C)c2ccccc2n1. The average Bonchev–Trinajstić information content (AvgIpc) is 2.81. The van der Waals surface area contributed by atoms with Crippen molar-refractivity contribution in [3.05, 3.63) is 64.9 Å². The lowest BCUT2D eigenvalue weighted by Gasteiger charge is -2.22. The van der Waals surface area contributed by atoms with Crippen LogP contribution in [0.2, 0.25) is 5.02 Å². The number of anilines is 1. The van der Waals surface area contributed by atoms with E-state index in [-0.39, 0.29) is 0 Å². The van der Waals surface area contributed by atoms with Crippen LogP contribution in [0.4, 0.5) is 5.82 Å². The molecule has 1 aliphatic carbocycles. The van der Waals surface area contributed by atoms with Crippen molar-refractivity contribution in [1.82, 2.24) is 9.97 Å². The summed E-state index contributed by atoms with van der Waals surface area (Å²) in [6.07, 6.45) is 9.59. The molecular formula is C29H42ClN3. The van der Waals surface area contributed by atoms with Crippen LogP contribution < -0.4 is 4.90 Å². The molecule has 0 amide bonds. The smallest absolute Gasteiger partial charge is 0.139 e. The third-order valence-electron chi connectivity index (χ3n) is 6.16. The van der Waals surface area contributed by atoms with Crippen LogP contribution in [0.5, 0.6) is 0 Å². The molecule has 33 heavy (non-hydrogen) atoms. The van der Waals surface area contributed by atoms with E-state index < -0.39 is 0 Å². The molecule has 0 N–H and O–H groups in total. The predicted octanol–water partition coefficient (Wildman–Crippen LogP) is 8.52. The lowest BCUT2D eigenvalue weighted by molar-refractivity contribution is 0.308. The molecule has 0 spiro atoms. The number of rotatable bonds is 4. The number of fused-ring (bicyclic) bond motifs is 1. The van der Waals surface area contributed by atoms with Crippen molar-refractivity contribution in [1.29, 1.82) is 0 Å². The Hall–Kier alpha value is -2.13. The number of hydrogen-bond donors (Lipinski definition) is 0. The van der Waals surface area contributed by atoms with Crippen molar-refractivity contribution in [2.24, 2.45) is 11.8 Å². The molecular weight excluding hydrogens is 426 g/mol. The summed E-state index contributed by atoms with van der Waals surface area (Å²) in [7, 11) is 3.99. The minimum atomic E-state index is 0.812. The van der Waals surface area contributed by atoms with Crippen LogP contribution in [0.15, 0.2) is 48.5 Å². The molecule has 4 heteroatoms. The van der Waals surface area contributed by atoms with Gasteiger partial charge in [0.15, 0.2) is 0 Å². The molecule has 3 aromatic rings. The Morgan fingerprint density at radius 3 is 2.00 bits per heavy atom. The first-order chi connectivity index (χ1) is 15.8. The van der Waals surface area contributed by atoms with Crippen LogP contribution >= 0.6 is 11.6 Å². The molecule has 0 aliphatic heterocycles. The number of aryl methyl sites for hydroxylation is 2. The molecule has 1 aromatic heterocycles. The van der Waals surface area contributed by atoms with Gasteiger partial charge in [-0.05, 0) is 61.4 Å². The van der Waals surface area contributed by atoms with Crippen molar-refractivity contribution in [2.75, 3.05) is 19.0 Å². The van der Waals surface area contributed by atoms with Gasteiger partial charge in [0.05, 0.1) is 5.52 Å². The van der Waals surface area contributed by atoms with Crippen LogP contribution in [-0.4, -0.2) is 24.1 Å². The summed E-state index contributed by atoms with van der Waals surface area (Å²) in [5.74, 6) is 3.83. The first kappa shape index (κ1) is 27.1. The molecule has 0 bridgehead atoms. The standard InChI is InChI=1S/C11H13N3.C10H13Cl.C8H16/c1-8-12-10-7-5-4-6-9(10)11(13-8)14(2)3;1-2-3-4-9-5-7-10(11)8-6-9;1-7-3-5-8(2)6-4-7/h4-7H,1-3H3;5-8H,2-4H2,1H3;7-8H,3-6H2,1-2H3. The summed E-state index contributed by atoms with van der Waals surface area (Å²) in [4.78, 5) is 10.8. The fourth-order valence-corrected chi connectivity index (χ4v) is 4.10. The van der Waals surface area contributed by atoms with Gasteiger partial charge in [-0.25, -0.2) is 9.97 Å². The molecule has 2 aromatic carbocycles. The number of unbranched alkanes of at least 4 members (excludes halogenated alkanes) is 1. The first-order valence-corrected chi connectivity index (χ1v) is 12.8. The second kappa shape index (κ2) is 14.2. The Morgan fingerprint density at radius 1 is 0.879 bits per heavy atom. The van der Waals surface area contributed by atoms with Crippen LogP contribution in [0.1, 0.15) is 70.7 Å². The van der Waals surface area contributed by atoms with Gasteiger partial charge in [-0.15, -0.1) is 0 Å². The third-order valence-corrected chi connectivity index (χ3v) is 6.41. The molecule has 1 fully saturated rings. The fraction of sp³-hybridized carbons (Fsp3) is 0.517. The van der Waals surface area contributed by atoms with E-state index in [4.69, 9.17) is 11.6 Å². The number of benzene rings is 2. The number of hydrogen-bond acceptors (Lipinski definition) is 3. The summed E-state index contributed by atoms with van der Waals surface area (Å²) in [5, 5.41) is 1.92. The maximum atomic E-state index is 5.75. The van der Waals surface area contributed by atoms with Crippen molar-refractivity contribution in [3.8, 4) is 0 Å². The summed E-state index contributed by atoms with van der Waals surface area (Å²) < 4.78 is 0. The normalized spacial score (nSPS) is 17.4. The van der Waals surface area contributed by atoms with Crippen LogP contribution in [0.25, 0.3) is 10.9 Å². The molecule has 0 unspecified atom stereocenters. The fourth-order valence-electron chi connectivity index (χ4n) is 3.97. The second-order valence-corrected chi connectivity index (χ2v) is 10.0. The van der Waals surface area contributed by atoms with Gasteiger partial charge >= 0.3 is 0 Å². The Balaban J connectivity index is 0.000000182. The molecule has 0 saturated heterocycles. The zero-order chi connectivity index (χ0) is 24.2. The average molecular weight is 468 g/mol. The van der Waals surface area contributed by atoms with Crippen molar-refractivity contribution in [2.45, 2.75) is 72.6 Å². The Morgan fingerprint density at radius 2 is 1.45 bits per heavy atom. The predicted molar refractivity (Wildman–Crippen MR) is 145 cm³/mol. The molecule has 1 saturated carbocycles. The topological polar surface area (TPSA) is 29.0 Å². The highest BCUT2D eigenvalue weighted by Gasteiger charge is 2.13. The molecule has 0 atom stereocenters. The van der Waals surface area contributed by atoms with Crippen LogP contribution in [0.3, 0.4) is 0 Å². The third kappa shape index (κ3) is 9.71. The van der Waals surface area contributed by atoms with Gasteiger partial charge in [-0.1, -0.05) is 88.7 Å². The maximum Gasteiger partial charge on any atom is 0.139 e. The van der Waals surface area contributed by atoms with E-state index in [0.29, 0.717) is 0 Å². The zero-order valence-corrected chi connectivity index (χ0v) is 22.2. The second-order valence-electron chi connectivity index (χ2n) is 9.60. The molecule has 1 heterocycles. The summed E-state index contributed by atoms with van der Waals surface area (Å²) in [6, 6.07) is 16.2. The molecule has 180 valence electrons. The molecule has 0 radical (unpaired) electrons. The molecule has 3 nitrogen and oxygen atoms in total. The van der Waals surface area contributed by atoms with Gasteiger partial charge in [0, 0.05) is 24.5 Å². The molecule has 1 aliphatic rings. The Labute approximate surface area is 206 Å². The maximum absolute atomic E-state index is 5.75. The lowest BCUT2D eigenvalue weighted by atomic mass is 9.84. The van der Waals surface area contributed by atoms with E-state index in [9.17, 15) is 0 Å². The highest BCUT2D eigenvalue weighted by atomic mass is 35.5. The van der Waals surface area contributed by atoms with Gasteiger partial charge in [-0.3, -0.25) is 0 Å². The number of nitrogens with zero attached hydrogens (tertiary/aromatic N) is 3. The first-order valence-electron chi connectivity index (χ1n) is 12.4. The zero-order valence-electron chi connectivity index (χ0n) is 21.4. The van der Waals surface area contributed by atoms with Crippen LogP contribution in [0, 0.1) is 18.8 Å². The van der Waals surface area contributed by atoms with Crippen molar-refractivity contribution < 1.29 is 0 Å². The number of para-hydroxylation sites is 1. The van der Waals surface area contributed by atoms with E-state index in [1.54, 1.807) is 0 Å².